The lowest BCUT2D eigenvalue weighted by Crippen LogP contribution is -2.60. The second-order valence-corrected chi connectivity index (χ2v) is 7.29. The van der Waals surface area contributed by atoms with E-state index in [0.29, 0.717) is 18.5 Å². The Morgan fingerprint density at radius 1 is 1.19 bits per heavy atom. The van der Waals surface area contributed by atoms with Crippen molar-refractivity contribution < 1.29 is 9.59 Å². The lowest BCUT2D eigenvalue weighted by Gasteiger charge is -2.40. The van der Waals surface area contributed by atoms with Crippen LogP contribution in [-0.4, -0.2) is 39.9 Å². The lowest BCUT2D eigenvalue weighted by molar-refractivity contribution is -0.147. The molecule has 2 aliphatic heterocycles. The summed E-state index contributed by atoms with van der Waals surface area (Å²) in [5.41, 5.74) is 0.791. The van der Waals surface area contributed by atoms with Crippen LogP contribution in [0.4, 0.5) is 0 Å². The number of fused-ring (bicyclic) bond motifs is 1. The van der Waals surface area contributed by atoms with E-state index in [2.05, 4.69) is 5.32 Å². The predicted octanol–water partition coefficient (Wildman–Crippen LogP) is 1.58. The maximum Gasteiger partial charge on any atom is 0.245 e. The normalized spacial score (nSPS) is 22.8. The van der Waals surface area contributed by atoms with E-state index in [9.17, 15) is 14.4 Å². The molecule has 1 spiro atoms. The molecule has 1 aromatic carbocycles. The Balaban J connectivity index is 1.70. The molecule has 0 aliphatic carbocycles. The highest BCUT2D eigenvalue weighted by molar-refractivity contribution is 5.93. The van der Waals surface area contributed by atoms with Crippen LogP contribution in [0.5, 0.6) is 0 Å². The van der Waals surface area contributed by atoms with E-state index >= 15 is 0 Å². The van der Waals surface area contributed by atoms with Crippen LogP contribution >= 0.6 is 0 Å². The number of amides is 2. The molecule has 26 heavy (non-hydrogen) atoms. The summed E-state index contributed by atoms with van der Waals surface area (Å²) in [6, 6.07) is 8.91. The number of aryl methyl sites for hydroxylation is 1. The molecule has 6 heteroatoms. The van der Waals surface area contributed by atoms with Gasteiger partial charge < -0.3 is 14.8 Å². The Morgan fingerprint density at radius 3 is 2.77 bits per heavy atom. The number of benzene rings is 1. The Morgan fingerprint density at radius 2 is 1.96 bits per heavy atom. The number of likely N-dealkylation sites (tertiary alicyclic amines) is 1. The first-order valence-corrected chi connectivity index (χ1v) is 9.21. The minimum atomic E-state index is -0.682. The van der Waals surface area contributed by atoms with Crippen LogP contribution in [0.25, 0.3) is 10.9 Å². The first-order valence-electron chi connectivity index (χ1n) is 9.21. The summed E-state index contributed by atoms with van der Waals surface area (Å²) in [6.07, 6.45) is 3.21. The van der Waals surface area contributed by atoms with Crippen molar-refractivity contribution in [3.63, 3.8) is 0 Å². The van der Waals surface area contributed by atoms with Crippen LogP contribution in [0.15, 0.2) is 35.1 Å². The van der Waals surface area contributed by atoms with Crippen molar-refractivity contribution >= 4 is 22.7 Å². The van der Waals surface area contributed by atoms with Crippen molar-refractivity contribution in [2.75, 3.05) is 13.1 Å². The van der Waals surface area contributed by atoms with Crippen LogP contribution in [0, 0.1) is 6.92 Å². The van der Waals surface area contributed by atoms with Crippen molar-refractivity contribution in [3.05, 3.63) is 46.2 Å². The SMILES string of the molecule is Cc1cc(=O)c2ccccc2n1CC(=O)N1CCCC12CCCNC2=O. The van der Waals surface area contributed by atoms with E-state index in [-0.39, 0.29) is 23.8 Å². The number of nitrogens with one attached hydrogen (secondary N) is 1. The molecular formula is C20H23N3O3. The second kappa shape index (κ2) is 6.27. The predicted molar refractivity (Wildman–Crippen MR) is 98.9 cm³/mol. The standard InChI is InChI=1S/C20H23N3O3/c1-14-12-17(24)15-6-2-3-7-16(15)22(14)13-18(25)23-11-5-9-20(23)8-4-10-21-19(20)26/h2-3,6-7,12H,4-5,8-11,13H2,1H3,(H,21,26). The first-order chi connectivity index (χ1) is 12.5. The molecule has 0 saturated carbocycles. The van der Waals surface area contributed by atoms with Gasteiger partial charge in [-0.1, -0.05) is 12.1 Å². The van der Waals surface area contributed by atoms with Gasteiger partial charge in [0.2, 0.25) is 11.8 Å². The molecule has 2 aromatic rings. The third kappa shape index (κ3) is 2.52. The number of carbonyl (C=O) groups is 2. The number of hydrogen-bond acceptors (Lipinski definition) is 3. The van der Waals surface area contributed by atoms with Gasteiger partial charge in [0.25, 0.3) is 0 Å². The monoisotopic (exact) mass is 353 g/mol. The van der Waals surface area contributed by atoms with Crippen molar-refractivity contribution in [1.29, 1.82) is 0 Å². The van der Waals surface area contributed by atoms with E-state index in [4.69, 9.17) is 0 Å². The molecule has 0 bridgehead atoms. The molecule has 4 rings (SSSR count). The number of rotatable bonds is 2. The fraction of sp³-hybridized carbons (Fsp3) is 0.450. The fourth-order valence-corrected chi connectivity index (χ4v) is 4.48. The average Bonchev–Trinajstić information content (AvgIpc) is 3.06. The van der Waals surface area contributed by atoms with Gasteiger partial charge in [-0.3, -0.25) is 14.4 Å². The number of hydrogen-bond donors (Lipinski definition) is 1. The van der Waals surface area contributed by atoms with E-state index in [1.54, 1.807) is 17.0 Å². The summed E-state index contributed by atoms with van der Waals surface area (Å²) in [7, 11) is 0. The maximum absolute atomic E-state index is 13.2. The topological polar surface area (TPSA) is 71.4 Å². The molecule has 2 saturated heterocycles. The summed E-state index contributed by atoms with van der Waals surface area (Å²) in [6.45, 7) is 3.28. The van der Waals surface area contributed by atoms with Crippen molar-refractivity contribution in [2.24, 2.45) is 0 Å². The minimum absolute atomic E-state index is 0.0175. The van der Waals surface area contributed by atoms with Gasteiger partial charge in [0.15, 0.2) is 5.43 Å². The largest absolute Gasteiger partial charge is 0.354 e. The quantitative estimate of drug-likeness (QED) is 0.891. The maximum atomic E-state index is 13.2. The van der Waals surface area contributed by atoms with Crippen LogP contribution in [-0.2, 0) is 16.1 Å². The lowest BCUT2D eigenvalue weighted by atomic mass is 9.86. The molecular weight excluding hydrogens is 330 g/mol. The van der Waals surface area contributed by atoms with Crippen LogP contribution in [0.1, 0.15) is 31.4 Å². The number of pyridine rings is 1. The van der Waals surface area contributed by atoms with E-state index in [0.717, 1.165) is 36.9 Å². The average molecular weight is 353 g/mol. The Kier molecular flexibility index (Phi) is 4.05. The van der Waals surface area contributed by atoms with E-state index < -0.39 is 5.54 Å². The first kappa shape index (κ1) is 16.8. The van der Waals surface area contributed by atoms with Gasteiger partial charge in [-0.05, 0) is 44.7 Å². The number of nitrogens with zero attached hydrogens (tertiary/aromatic N) is 2. The van der Waals surface area contributed by atoms with Crippen molar-refractivity contribution in [1.82, 2.24) is 14.8 Å². The third-order valence-corrected chi connectivity index (χ3v) is 5.78. The molecule has 0 radical (unpaired) electrons. The highest BCUT2D eigenvalue weighted by atomic mass is 16.2. The highest BCUT2D eigenvalue weighted by Crippen LogP contribution is 2.36. The second-order valence-electron chi connectivity index (χ2n) is 7.29. The molecule has 2 fully saturated rings. The van der Waals surface area contributed by atoms with Crippen molar-refractivity contribution in [3.8, 4) is 0 Å². The number of piperidine rings is 1. The van der Waals surface area contributed by atoms with Gasteiger partial charge in [-0.25, -0.2) is 0 Å². The van der Waals surface area contributed by atoms with Gasteiger partial charge in [0.05, 0.1) is 5.52 Å². The summed E-state index contributed by atoms with van der Waals surface area (Å²) < 4.78 is 1.88. The Bertz CT molecular complexity index is 949. The summed E-state index contributed by atoms with van der Waals surface area (Å²) in [5.74, 6) is -0.0764. The summed E-state index contributed by atoms with van der Waals surface area (Å²) >= 11 is 0. The smallest absolute Gasteiger partial charge is 0.245 e. The molecule has 3 heterocycles. The van der Waals surface area contributed by atoms with E-state index in [1.807, 2.05) is 29.7 Å². The molecule has 2 amide bonds. The third-order valence-electron chi connectivity index (χ3n) is 5.78. The summed E-state index contributed by atoms with van der Waals surface area (Å²) in [4.78, 5) is 39.7. The molecule has 6 nitrogen and oxygen atoms in total. The molecule has 1 N–H and O–H groups in total. The number of aromatic nitrogens is 1. The number of para-hydroxylation sites is 1. The van der Waals surface area contributed by atoms with Crippen LogP contribution in [0.2, 0.25) is 0 Å². The van der Waals surface area contributed by atoms with Gasteiger partial charge in [0, 0.05) is 30.2 Å². The molecule has 1 aromatic heterocycles. The van der Waals surface area contributed by atoms with Gasteiger partial charge >= 0.3 is 0 Å². The van der Waals surface area contributed by atoms with Crippen LogP contribution in [0.3, 0.4) is 0 Å². The van der Waals surface area contributed by atoms with Gasteiger partial charge in [-0.15, -0.1) is 0 Å². The zero-order chi connectivity index (χ0) is 18.3. The highest BCUT2D eigenvalue weighted by Gasteiger charge is 2.50. The molecule has 1 atom stereocenters. The fourth-order valence-electron chi connectivity index (χ4n) is 4.48. The van der Waals surface area contributed by atoms with Gasteiger partial charge in [0.1, 0.15) is 12.1 Å². The molecule has 2 aliphatic rings. The molecule has 1 unspecified atom stereocenters. The minimum Gasteiger partial charge on any atom is -0.354 e. The Hall–Kier alpha value is -2.63. The number of carbonyl (C=O) groups excluding carboxylic acids is 2. The summed E-state index contributed by atoms with van der Waals surface area (Å²) in [5, 5.41) is 3.54. The zero-order valence-corrected chi connectivity index (χ0v) is 15.0. The van der Waals surface area contributed by atoms with Crippen molar-refractivity contribution in [2.45, 2.75) is 44.7 Å². The van der Waals surface area contributed by atoms with Crippen LogP contribution < -0.4 is 10.7 Å². The van der Waals surface area contributed by atoms with Gasteiger partial charge in [-0.2, -0.15) is 0 Å². The Labute approximate surface area is 151 Å². The van der Waals surface area contributed by atoms with E-state index in [1.165, 1.54) is 0 Å². The zero-order valence-electron chi connectivity index (χ0n) is 15.0. The molecule has 136 valence electrons.